The highest BCUT2D eigenvalue weighted by Crippen LogP contribution is 2.40. The fourth-order valence-electron chi connectivity index (χ4n) is 3.33. The van der Waals surface area contributed by atoms with Gasteiger partial charge in [-0.2, -0.15) is 39.5 Å². The van der Waals surface area contributed by atoms with Crippen molar-refractivity contribution in [1.29, 1.82) is 0 Å². The van der Waals surface area contributed by atoms with Crippen molar-refractivity contribution in [2.24, 2.45) is 0 Å². The summed E-state index contributed by atoms with van der Waals surface area (Å²) in [6.07, 6.45) is -13.4. The molecular weight excluding hydrogens is 590 g/mol. The van der Waals surface area contributed by atoms with E-state index < -0.39 is 60.0 Å². The van der Waals surface area contributed by atoms with Crippen LogP contribution in [0.1, 0.15) is 45.5 Å². The molecule has 2 amide bonds. The van der Waals surface area contributed by atoms with Crippen LogP contribution in [0.2, 0.25) is 10.0 Å². The van der Waals surface area contributed by atoms with Crippen LogP contribution in [0.4, 0.5) is 39.5 Å². The van der Waals surface area contributed by atoms with Gasteiger partial charge in [-0.15, -0.1) is 0 Å². The van der Waals surface area contributed by atoms with Gasteiger partial charge in [0.2, 0.25) is 5.91 Å². The monoisotopic (exact) mass is 608 g/mol. The predicted octanol–water partition coefficient (Wildman–Crippen LogP) is 7.48. The molecule has 0 aliphatic carbocycles. The van der Waals surface area contributed by atoms with Crippen LogP contribution in [0.15, 0.2) is 36.4 Å². The van der Waals surface area contributed by atoms with E-state index >= 15 is 0 Å². The average molecular weight is 609 g/mol. The van der Waals surface area contributed by atoms with Crippen molar-refractivity contribution in [2.45, 2.75) is 44.3 Å². The summed E-state index contributed by atoms with van der Waals surface area (Å²) in [5.41, 5.74) is -2.95. The van der Waals surface area contributed by atoms with Crippen LogP contribution in [0.25, 0.3) is 6.08 Å². The van der Waals surface area contributed by atoms with Crippen LogP contribution in [-0.4, -0.2) is 36.8 Å². The number of carbonyl (C=O) groups excluding carboxylic acids is 2. The lowest BCUT2D eigenvalue weighted by molar-refractivity contribution is -0.139. The van der Waals surface area contributed by atoms with Crippen molar-refractivity contribution in [2.75, 3.05) is 6.54 Å². The molecule has 4 nitrogen and oxygen atoms in total. The van der Waals surface area contributed by atoms with Crippen LogP contribution in [0.3, 0.4) is 0 Å². The summed E-state index contributed by atoms with van der Waals surface area (Å²) >= 11 is 11.8. The first-order valence-corrected chi connectivity index (χ1v) is 11.5. The van der Waals surface area contributed by atoms with Crippen molar-refractivity contribution < 1.29 is 49.1 Å². The maximum Gasteiger partial charge on any atom is 0.417 e. The van der Waals surface area contributed by atoms with Gasteiger partial charge in [-0.3, -0.25) is 9.59 Å². The molecule has 39 heavy (non-hydrogen) atoms. The van der Waals surface area contributed by atoms with Gasteiger partial charge in [0, 0.05) is 0 Å². The zero-order valence-electron chi connectivity index (χ0n) is 19.9. The Bertz CT molecular complexity index is 1230. The van der Waals surface area contributed by atoms with Crippen LogP contribution < -0.4 is 10.6 Å². The summed E-state index contributed by atoms with van der Waals surface area (Å²) in [5.74, 6) is -5.00. The van der Waals surface area contributed by atoms with Crippen molar-refractivity contribution in [1.82, 2.24) is 10.6 Å². The molecule has 0 aromatic heterocycles. The number of aryl methyl sites for hydroxylation is 1. The number of alkyl halides is 9. The third-order valence-corrected chi connectivity index (χ3v) is 6.12. The van der Waals surface area contributed by atoms with Crippen molar-refractivity contribution in [3.8, 4) is 0 Å². The molecule has 214 valence electrons. The van der Waals surface area contributed by atoms with E-state index in [9.17, 15) is 49.1 Å². The van der Waals surface area contributed by atoms with Crippen molar-refractivity contribution in [3.05, 3.63) is 74.3 Å². The molecule has 2 aromatic rings. The molecular formula is C24H19Cl2F9N2O2. The van der Waals surface area contributed by atoms with Crippen LogP contribution in [0.5, 0.6) is 0 Å². The fraction of sp³-hybridized carbons (Fsp3) is 0.333. The Morgan fingerprint density at radius 1 is 0.974 bits per heavy atom. The molecule has 0 radical (unpaired) electrons. The molecule has 0 bridgehead atoms. The number of allylic oxidation sites excluding steroid dienone is 1. The van der Waals surface area contributed by atoms with Crippen molar-refractivity contribution >= 4 is 41.1 Å². The van der Waals surface area contributed by atoms with Crippen LogP contribution in [0, 0.1) is 6.92 Å². The molecule has 0 saturated heterocycles. The first kappa shape index (κ1) is 32.3. The van der Waals surface area contributed by atoms with Gasteiger partial charge < -0.3 is 10.6 Å². The minimum atomic E-state index is -5.15. The SMILES string of the molecule is Cc1cc(C(/C=C/c2ccc(C(=O)NC(C)C(=O)NCC(F)(F)F)c(C(F)(F)F)c2)C(F)(F)F)cc(Cl)c1Cl. The molecule has 2 unspecified atom stereocenters. The van der Waals surface area contributed by atoms with E-state index in [1.165, 1.54) is 12.2 Å². The predicted molar refractivity (Wildman–Crippen MR) is 126 cm³/mol. The summed E-state index contributed by atoms with van der Waals surface area (Å²) in [7, 11) is 0. The Morgan fingerprint density at radius 2 is 1.59 bits per heavy atom. The second-order valence-corrected chi connectivity index (χ2v) is 9.13. The van der Waals surface area contributed by atoms with E-state index in [-0.39, 0.29) is 26.7 Å². The van der Waals surface area contributed by atoms with E-state index in [1.54, 1.807) is 0 Å². The minimum Gasteiger partial charge on any atom is -0.345 e. The summed E-state index contributed by atoms with van der Waals surface area (Å²) < 4.78 is 119. The summed E-state index contributed by atoms with van der Waals surface area (Å²) in [5, 5.41) is 3.24. The molecule has 0 saturated carbocycles. The first-order valence-electron chi connectivity index (χ1n) is 10.8. The van der Waals surface area contributed by atoms with Gasteiger partial charge in [0.15, 0.2) is 0 Å². The lowest BCUT2D eigenvalue weighted by Gasteiger charge is -2.19. The number of halogens is 11. The molecule has 0 spiro atoms. The lowest BCUT2D eigenvalue weighted by atomic mass is 9.95. The zero-order chi connectivity index (χ0) is 29.9. The van der Waals surface area contributed by atoms with Gasteiger partial charge in [-0.1, -0.05) is 47.5 Å². The first-order chi connectivity index (χ1) is 17.7. The Labute approximate surface area is 226 Å². The highest BCUT2D eigenvalue weighted by molar-refractivity contribution is 6.42. The van der Waals surface area contributed by atoms with E-state index in [1.807, 2.05) is 5.32 Å². The number of hydrogen-bond acceptors (Lipinski definition) is 2. The molecule has 2 rings (SSSR count). The van der Waals surface area contributed by atoms with Crippen LogP contribution in [-0.2, 0) is 11.0 Å². The molecule has 0 fully saturated rings. The quantitative estimate of drug-likeness (QED) is 0.320. The Balaban J connectivity index is 2.37. The maximum absolute atomic E-state index is 13.8. The van der Waals surface area contributed by atoms with Gasteiger partial charge in [-0.05, 0) is 48.7 Å². The van der Waals surface area contributed by atoms with Crippen molar-refractivity contribution in [3.63, 3.8) is 0 Å². The maximum atomic E-state index is 13.8. The van der Waals surface area contributed by atoms with E-state index in [0.717, 1.165) is 31.2 Å². The molecule has 2 aromatic carbocycles. The average Bonchev–Trinajstić information content (AvgIpc) is 2.78. The van der Waals surface area contributed by atoms with Gasteiger partial charge in [0.05, 0.1) is 27.1 Å². The standard InChI is InChI=1S/C24H19Cl2F9N2O2/c1-11-7-14(9-18(25)19(11)26)16(23(30,31)32)6-4-13-3-5-15(17(8-13)24(33,34)35)21(39)37-12(2)20(38)36-10-22(27,28)29/h3-9,12,16H,10H2,1-2H3,(H,36,38)(H,37,39)/b6-4+. The van der Waals surface area contributed by atoms with Gasteiger partial charge >= 0.3 is 18.5 Å². The molecule has 0 aliphatic rings. The smallest absolute Gasteiger partial charge is 0.345 e. The van der Waals surface area contributed by atoms with Gasteiger partial charge in [0.25, 0.3) is 5.91 Å². The van der Waals surface area contributed by atoms with E-state index in [2.05, 4.69) is 0 Å². The highest BCUT2D eigenvalue weighted by atomic mass is 35.5. The number of nitrogens with one attached hydrogen (secondary N) is 2. The molecule has 0 heterocycles. The highest BCUT2D eigenvalue weighted by Gasteiger charge is 2.40. The topological polar surface area (TPSA) is 58.2 Å². The minimum absolute atomic E-state index is 0.0427. The summed E-state index contributed by atoms with van der Waals surface area (Å²) in [4.78, 5) is 24.1. The second-order valence-electron chi connectivity index (χ2n) is 8.34. The largest absolute Gasteiger partial charge is 0.417 e. The Morgan fingerprint density at radius 3 is 2.10 bits per heavy atom. The van der Waals surface area contributed by atoms with E-state index in [0.29, 0.717) is 18.2 Å². The lowest BCUT2D eigenvalue weighted by Crippen LogP contribution is -2.47. The Kier molecular flexibility index (Phi) is 9.99. The number of carbonyl (C=O) groups is 2. The zero-order valence-corrected chi connectivity index (χ0v) is 21.4. The molecule has 0 aliphatic heterocycles. The van der Waals surface area contributed by atoms with Gasteiger partial charge in [0.1, 0.15) is 12.6 Å². The fourth-order valence-corrected chi connectivity index (χ4v) is 3.71. The molecule has 2 N–H and O–H groups in total. The third kappa shape index (κ3) is 9.06. The van der Waals surface area contributed by atoms with Crippen LogP contribution >= 0.6 is 23.2 Å². The molecule has 2 atom stereocenters. The number of amides is 2. The number of hydrogen-bond donors (Lipinski definition) is 2. The number of benzene rings is 2. The normalized spacial score (nSPS) is 14.3. The Hall–Kier alpha value is -2.93. The molecule has 15 heteroatoms. The second kappa shape index (κ2) is 12.1. The third-order valence-electron chi connectivity index (χ3n) is 5.22. The van der Waals surface area contributed by atoms with E-state index in [4.69, 9.17) is 23.2 Å². The number of rotatable bonds is 7. The summed E-state index contributed by atoms with van der Waals surface area (Å²) in [6.45, 7) is 0.659. The van der Waals surface area contributed by atoms with Gasteiger partial charge in [-0.25, -0.2) is 0 Å². The summed E-state index contributed by atoms with van der Waals surface area (Å²) in [6, 6.07) is 2.51.